The summed E-state index contributed by atoms with van der Waals surface area (Å²) >= 11 is 0. The number of aromatic nitrogens is 1. The highest BCUT2D eigenvalue weighted by molar-refractivity contribution is 6.22. The summed E-state index contributed by atoms with van der Waals surface area (Å²) in [5, 5.41) is 2.80. The summed E-state index contributed by atoms with van der Waals surface area (Å²) in [6.45, 7) is 1.94. The molecule has 2 aliphatic heterocycles. The number of carbonyl (C=O) groups excluding carboxylic acids is 3. The van der Waals surface area contributed by atoms with Crippen molar-refractivity contribution in [2.24, 2.45) is 0 Å². The van der Waals surface area contributed by atoms with Crippen LogP contribution in [0.2, 0.25) is 0 Å². The Balaban J connectivity index is 1.35. The van der Waals surface area contributed by atoms with Crippen LogP contribution in [0, 0.1) is 0 Å². The highest BCUT2D eigenvalue weighted by Gasteiger charge is 2.38. The van der Waals surface area contributed by atoms with E-state index in [9.17, 15) is 19.2 Å². The number of nitrogens with zero attached hydrogens (tertiary/aromatic N) is 3. The first-order valence-corrected chi connectivity index (χ1v) is 11.5. The number of carbonyl (C=O) groups is 3. The molecule has 5 rings (SSSR count). The quantitative estimate of drug-likeness (QED) is 0.518. The summed E-state index contributed by atoms with van der Waals surface area (Å²) in [5.74, 6) is -1.68. The normalized spacial score (nSPS) is 17.6. The number of rotatable bonds is 7. The third-order valence-electron chi connectivity index (χ3n) is 6.34. The molecule has 0 saturated carbocycles. The molecule has 0 spiro atoms. The first kappa shape index (κ1) is 23.0. The number of anilines is 1. The number of hydrogen-bond acceptors (Lipinski definition) is 7. The third kappa shape index (κ3) is 4.38. The Morgan fingerprint density at radius 1 is 1.09 bits per heavy atom. The molecular weight excluding hydrogens is 452 g/mol. The molecule has 182 valence electrons. The molecule has 3 heterocycles. The number of nitrogens with one attached hydrogen (secondary N) is 1. The standard InChI is InChI=1S/C25H26N4O6/c1-27(2)9-10-28-20-13-16(6-8-21(20)35-25(28)33)26-22(30)15-5-7-18-19(12-15)24(32)29(23(18)31)14-17-4-3-11-34-17/h5-8,12-13,17H,3-4,9-11,14H2,1-2H3,(H,26,30). The van der Waals surface area contributed by atoms with E-state index in [4.69, 9.17) is 9.15 Å². The van der Waals surface area contributed by atoms with Gasteiger partial charge in [-0.05, 0) is 63.3 Å². The predicted octanol–water partition coefficient (Wildman–Crippen LogP) is 2.18. The summed E-state index contributed by atoms with van der Waals surface area (Å²) in [5.41, 5.74) is 2.23. The minimum Gasteiger partial charge on any atom is -0.408 e. The van der Waals surface area contributed by atoms with Crippen LogP contribution in [0.5, 0.6) is 0 Å². The van der Waals surface area contributed by atoms with Crippen LogP contribution in [0.15, 0.2) is 45.6 Å². The van der Waals surface area contributed by atoms with Crippen molar-refractivity contribution in [3.8, 4) is 0 Å². The molecule has 35 heavy (non-hydrogen) atoms. The van der Waals surface area contributed by atoms with Crippen LogP contribution in [-0.4, -0.2) is 72.0 Å². The third-order valence-corrected chi connectivity index (χ3v) is 6.34. The average Bonchev–Trinajstić information content (AvgIpc) is 3.51. The van der Waals surface area contributed by atoms with E-state index in [1.165, 1.54) is 27.7 Å². The van der Waals surface area contributed by atoms with Crippen LogP contribution in [0.3, 0.4) is 0 Å². The predicted molar refractivity (Wildman–Crippen MR) is 128 cm³/mol. The van der Waals surface area contributed by atoms with Gasteiger partial charge < -0.3 is 19.4 Å². The summed E-state index contributed by atoms with van der Waals surface area (Å²) in [6.07, 6.45) is 1.58. The van der Waals surface area contributed by atoms with E-state index in [1.54, 1.807) is 18.2 Å². The Morgan fingerprint density at radius 2 is 1.89 bits per heavy atom. The highest BCUT2D eigenvalue weighted by atomic mass is 16.5. The summed E-state index contributed by atoms with van der Waals surface area (Å²) in [7, 11) is 3.82. The number of amides is 3. The van der Waals surface area contributed by atoms with Crippen molar-refractivity contribution in [1.82, 2.24) is 14.4 Å². The Bertz CT molecular complexity index is 1380. The zero-order chi connectivity index (χ0) is 24.7. The van der Waals surface area contributed by atoms with Gasteiger partial charge in [-0.3, -0.25) is 23.9 Å². The van der Waals surface area contributed by atoms with Crippen molar-refractivity contribution in [3.63, 3.8) is 0 Å². The molecule has 1 unspecified atom stereocenters. The molecule has 0 bridgehead atoms. The van der Waals surface area contributed by atoms with Crippen LogP contribution in [0.4, 0.5) is 5.69 Å². The Labute approximate surface area is 201 Å². The van der Waals surface area contributed by atoms with E-state index in [2.05, 4.69) is 5.32 Å². The molecule has 1 atom stereocenters. The van der Waals surface area contributed by atoms with E-state index in [0.717, 1.165) is 12.8 Å². The molecular formula is C25H26N4O6. The van der Waals surface area contributed by atoms with Gasteiger partial charge in [-0.25, -0.2) is 4.79 Å². The molecule has 2 aromatic carbocycles. The molecule has 0 radical (unpaired) electrons. The minimum atomic E-state index is -0.459. The molecule has 10 nitrogen and oxygen atoms in total. The first-order chi connectivity index (χ1) is 16.8. The number of imide groups is 1. The van der Waals surface area contributed by atoms with Crippen molar-refractivity contribution in [2.75, 3.05) is 39.1 Å². The van der Waals surface area contributed by atoms with E-state index >= 15 is 0 Å². The zero-order valence-electron chi connectivity index (χ0n) is 19.6. The molecule has 1 fully saturated rings. The maximum absolute atomic E-state index is 13.0. The molecule has 3 aromatic rings. The lowest BCUT2D eigenvalue weighted by molar-refractivity contribution is 0.0475. The van der Waals surface area contributed by atoms with Crippen LogP contribution >= 0.6 is 0 Å². The molecule has 1 aromatic heterocycles. The summed E-state index contributed by atoms with van der Waals surface area (Å²) in [6, 6.07) is 9.44. The lowest BCUT2D eigenvalue weighted by Gasteiger charge is -2.17. The molecule has 0 aliphatic carbocycles. The minimum absolute atomic E-state index is 0.145. The van der Waals surface area contributed by atoms with Crippen molar-refractivity contribution < 1.29 is 23.5 Å². The number of likely N-dealkylation sites (N-methyl/N-ethyl adjacent to an activating group) is 1. The van der Waals surface area contributed by atoms with Gasteiger partial charge in [0.2, 0.25) is 0 Å². The largest absolute Gasteiger partial charge is 0.419 e. The SMILES string of the molecule is CN(C)CCn1c(=O)oc2ccc(NC(=O)c3ccc4c(c3)C(=O)N(CC3CCCO3)C4=O)cc21. The van der Waals surface area contributed by atoms with Crippen LogP contribution < -0.4 is 11.1 Å². The van der Waals surface area contributed by atoms with Gasteiger partial charge in [0.25, 0.3) is 17.7 Å². The smallest absolute Gasteiger partial charge is 0.408 e. The second kappa shape index (κ2) is 9.12. The van der Waals surface area contributed by atoms with Gasteiger partial charge in [0.05, 0.1) is 29.3 Å². The average molecular weight is 479 g/mol. The van der Waals surface area contributed by atoms with Gasteiger partial charge >= 0.3 is 5.76 Å². The van der Waals surface area contributed by atoms with Crippen LogP contribution in [0.25, 0.3) is 11.1 Å². The van der Waals surface area contributed by atoms with Gasteiger partial charge in [0.1, 0.15) is 0 Å². The fraction of sp³-hybridized carbons (Fsp3) is 0.360. The van der Waals surface area contributed by atoms with Crippen molar-refractivity contribution in [2.45, 2.75) is 25.5 Å². The zero-order valence-corrected chi connectivity index (χ0v) is 19.6. The van der Waals surface area contributed by atoms with Crippen LogP contribution in [-0.2, 0) is 11.3 Å². The lowest BCUT2D eigenvalue weighted by Crippen LogP contribution is -2.36. The van der Waals surface area contributed by atoms with Gasteiger partial charge in [-0.15, -0.1) is 0 Å². The van der Waals surface area contributed by atoms with E-state index in [0.29, 0.717) is 36.5 Å². The Hall–Kier alpha value is -3.76. The van der Waals surface area contributed by atoms with Crippen molar-refractivity contribution in [3.05, 3.63) is 63.6 Å². The summed E-state index contributed by atoms with van der Waals surface area (Å²) < 4.78 is 12.4. The van der Waals surface area contributed by atoms with Gasteiger partial charge in [-0.2, -0.15) is 0 Å². The Morgan fingerprint density at radius 3 is 2.63 bits per heavy atom. The molecule has 1 saturated heterocycles. The first-order valence-electron chi connectivity index (χ1n) is 11.5. The number of oxazole rings is 1. The maximum atomic E-state index is 13.0. The van der Waals surface area contributed by atoms with Crippen molar-refractivity contribution in [1.29, 1.82) is 0 Å². The van der Waals surface area contributed by atoms with Gasteiger partial charge in [0, 0.05) is 30.9 Å². The molecule has 1 N–H and O–H groups in total. The molecule has 2 aliphatic rings. The molecule has 3 amide bonds. The number of benzene rings is 2. The molecule has 10 heteroatoms. The van der Waals surface area contributed by atoms with E-state index < -0.39 is 17.6 Å². The topological polar surface area (TPSA) is 114 Å². The van der Waals surface area contributed by atoms with E-state index in [-0.39, 0.29) is 35.2 Å². The fourth-order valence-corrected chi connectivity index (χ4v) is 4.44. The second-order valence-electron chi connectivity index (χ2n) is 9.08. The number of fused-ring (bicyclic) bond motifs is 2. The number of ether oxygens (including phenoxy) is 1. The van der Waals surface area contributed by atoms with Gasteiger partial charge in [-0.1, -0.05) is 0 Å². The van der Waals surface area contributed by atoms with E-state index in [1.807, 2.05) is 19.0 Å². The van der Waals surface area contributed by atoms with Gasteiger partial charge in [0.15, 0.2) is 5.58 Å². The van der Waals surface area contributed by atoms with Crippen LogP contribution in [0.1, 0.15) is 43.9 Å². The Kier molecular flexibility index (Phi) is 6.00. The number of hydrogen-bond donors (Lipinski definition) is 1. The summed E-state index contributed by atoms with van der Waals surface area (Å²) in [4.78, 5) is 54.0. The van der Waals surface area contributed by atoms with Crippen molar-refractivity contribution >= 4 is 34.5 Å². The second-order valence-corrected chi connectivity index (χ2v) is 9.08. The lowest BCUT2D eigenvalue weighted by atomic mass is 10.1. The highest BCUT2D eigenvalue weighted by Crippen LogP contribution is 2.27. The fourth-order valence-electron chi connectivity index (χ4n) is 4.44. The maximum Gasteiger partial charge on any atom is 0.419 e. The monoisotopic (exact) mass is 478 g/mol.